The van der Waals surface area contributed by atoms with Crippen molar-refractivity contribution in [2.24, 2.45) is 0 Å². The summed E-state index contributed by atoms with van der Waals surface area (Å²) in [5.74, 6) is 1.04. The molecular formula is C19H23N7S. The van der Waals surface area contributed by atoms with Gasteiger partial charge in [-0.25, -0.2) is 9.67 Å². The molecule has 2 aromatic heterocycles. The molecule has 7 nitrogen and oxygen atoms in total. The molecule has 0 bridgehead atoms. The summed E-state index contributed by atoms with van der Waals surface area (Å²) in [6.45, 7) is 8.60. The van der Waals surface area contributed by atoms with E-state index in [0.29, 0.717) is 11.4 Å². The fraction of sp³-hybridized carbons (Fsp3) is 0.368. The lowest BCUT2D eigenvalue weighted by Crippen LogP contribution is -2.47. The van der Waals surface area contributed by atoms with Gasteiger partial charge in [0.2, 0.25) is 4.77 Å². The number of benzene rings is 1. The molecule has 1 aliphatic heterocycles. The van der Waals surface area contributed by atoms with Gasteiger partial charge in [-0.15, -0.1) is 0 Å². The lowest BCUT2D eigenvalue weighted by molar-refractivity contribution is 0.192. The van der Waals surface area contributed by atoms with E-state index in [-0.39, 0.29) is 0 Å². The number of rotatable bonds is 4. The first kappa shape index (κ1) is 17.8. The molecule has 0 aliphatic carbocycles. The maximum Gasteiger partial charge on any atom is 0.221 e. The smallest absolute Gasteiger partial charge is 0.221 e. The predicted molar refractivity (Wildman–Crippen MR) is 108 cm³/mol. The molecule has 3 aromatic rings. The van der Waals surface area contributed by atoms with E-state index in [1.54, 1.807) is 9.36 Å². The van der Waals surface area contributed by atoms with Gasteiger partial charge in [0, 0.05) is 32.4 Å². The molecule has 1 aromatic carbocycles. The van der Waals surface area contributed by atoms with E-state index in [2.05, 4.69) is 57.3 Å². The van der Waals surface area contributed by atoms with Crippen molar-refractivity contribution in [3.05, 3.63) is 58.5 Å². The van der Waals surface area contributed by atoms with E-state index in [1.807, 2.05) is 24.4 Å². The molecule has 3 heterocycles. The van der Waals surface area contributed by atoms with Crippen LogP contribution < -0.4 is 4.90 Å². The highest BCUT2D eigenvalue weighted by Gasteiger charge is 2.19. The Morgan fingerprint density at radius 3 is 2.48 bits per heavy atom. The lowest BCUT2D eigenvalue weighted by atomic mass is 10.1. The fourth-order valence-electron chi connectivity index (χ4n) is 3.23. The molecule has 27 heavy (non-hydrogen) atoms. The average Bonchev–Trinajstić information content (AvgIpc) is 3.06. The third kappa shape index (κ3) is 3.77. The quantitative estimate of drug-likeness (QED) is 0.648. The molecule has 1 aliphatic rings. The third-order valence-corrected chi connectivity index (χ3v) is 5.44. The van der Waals surface area contributed by atoms with Crippen LogP contribution in [-0.4, -0.2) is 55.9 Å². The zero-order valence-electron chi connectivity index (χ0n) is 15.6. The van der Waals surface area contributed by atoms with Crippen molar-refractivity contribution in [2.45, 2.75) is 20.5 Å². The van der Waals surface area contributed by atoms with Crippen LogP contribution in [0.2, 0.25) is 0 Å². The van der Waals surface area contributed by atoms with Gasteiger partial charge in [-0.2, -0.15) is 4.68 Å². The van der Waals surface area contributed by atoms with Gasteiger partial charge in [0.05, 0.1) is 12.4 Å². The zero-order chi connectivity index (χ0) is 18.8. The number of piperazine rings is 1. The number of pyridine rings is 1. The molecule has 140 valence electrons. The van der Waals surface area contributed by atoms with Crippen molar-refractivity contribution < 1.29 is 0 Å². The Labute approximate surface area is 163 Å². The van der Waals surface area contributed by atoms with E-state index in [4.69, 9.17) is 12.2 Å². The first-order valence-electron chi connectivity index (χ1n) is 9.10. The minimum atomic E-state index is 0.616. The average molecular weight is 382 g/mol. The van der Waals surface area contributed by atoms with Crippen molar-refractivity contribution in [1.29, 1.82) is 0 Å². The summed E-state index contributed by atoms with van der Waals surface area (Å²) in [7, 11) is 0. The van der Waals surface area contributed by atoms with E-state index in [9.17, 15) is 0 Å². The van der Waals surface area contributed by atoms with Crippen LogP contribution in [0.3, 0.4) is 0 Å². The van der Waals surface area contributed by atoms with Crippen LogP contribution in [0, 0.1) is 18.6 Å². The Kier molecular flexibility index (Phi) is 5.00. The van der Waals surface area contributed by atoms with Crippen LogP contribution >= 0.6 is 12.2 Å². The maximum absolute atomic E-state index is 5.61. The van der Waals surface area contributed by atoms with Crippen LogP contribution in [0.1, 0.15) is 11.1 Å². The van der Waals surface area contributed by atoms with Crippen LogP contribution in [0.5, 0.6) is 0 Å². The van der Waals surface area contributed by atoms with Gasteiger partial charge in [-0.05, 0) is 71.9 Å². The SMILES string of the molecule is Cc1ccc(-n2nnn(CN3CCN(c4ccccn4)CC3)c2=S)cc1C. The number of aromatic nitrogens is 5. The number of aryl methyl sites for hydroxylation is 2. The molecule has 0 radical (unpaired) electrons. The summed E-state index contributed by atoms with van der Waals surface area (Å²) in [6.07, 6.45) is 1.84. The second-order valence-corrected chi connectivity index (χ2v) is 7.24. The van der Waals surface area contributed by atoms with Gasteiger partial charge in [0.25, 0.3) is 0 Å². The monoisotopic (exact) mass is 381 g/mol. The van der Waals surface area contributed by atoms with Crippen LogP contribution in [-0.2, 0) is 6.67 Å². The van der Waals surface area contributed by atoms with Crippen molar-refractivity contribution in [2.75, 3.05) is 31.1 Å². The number of hydrogen-bond acceptors (Lipinski definition) is 6. The van der Waals surface area contributed by atoms with E-state index in [1.165, 1.54) is 11.1 Å². The van der Waals surface area contributed by atoms with E-state index < -0.39 is 0 Å². The normalized spacial score (nSPS) is 15.3. The molecule has 0 spiro atoms. The Hall–Kier alpha value is -2.58. The molecule has 1 saturated heterocycles. The second kappa shape index (κ2) is 7.58. The standard InChI is InChI=1S/C19H23N7S/c1-15-6-7-17(13-16(15)2)26-19(27)25(21-22-26)14-23-9-11-24(12-10-23)18-5-3-4-8-20-18/h3-8,13H,9-12,14H2,1-2H3. The molecule has 8 heteroatoms. The molecule has 0 atom stereocenters. The number of hydrogen-bond donors (Lipinski definition) is 0. The first-order chi connectivity index (χ1) is 13.1. The van der Waals surface area contributed by atoms with Gasteiger partial charge in [0.1, 0.15) is 5.82 Å². The minimum absolute atomic E-state index is 0.616. The molecule has 0 saturated carbocycles. The summed E-state index contributed by atoms with van der Waals surface area (Å²) >= 11 is 5.61. The van der Waals surface area contributed by atoms with Crippen molar-refractivity contribution in [1.82, 2.24) is 29.7 Å². The summed E-state index contributed by atoms with van der Waals surface area (Å²) in [6, 6.07) is 12.2. The Morgan fingerprint density at radius 1 is 0.963 bits per heavy atom. The molecular weight excluding hydrogens is 358 g/mol. The van der Waals surface area contributed by atoms with Crippen LogP contribution in [0.15, 0.2) is 42.6 Å². The minimum Gasteiger partial charge on any atom is -0.354 e. The second-order valence-electron chi connectivity index (χ2n) is 6.88. The number of tetrazole rings is 1. The summed E-state index contributed by atoms with van der Waals surface area (Å²) in [5, 5.41) is 8.54. The molecule has 0 amide bonds. The number of anilines is 1. The summed E-state index contributed by atoms with van der Waals surface area (Å²) < 4.78 is 4.14. The van der Waals surface area contributed by atoms with Gasteiger partial charge >= 0.3 is 0 Å². The van der Waals surface area contributed by atoms with E-state index >= 15 is 0 Å². The van der Waals surface area contributed by atoms with Crippen molar-refractivity contribution in [3.63, 3.8) is 0 Å². The number of nitrogens with zero attached hydrogens (tertiary/aromatic N) is 7. The zero-order valence-corrected chi connectivity index (χ0v) is 16.4. The van der Waals surface area contributed by atoms with Crippen molar-refractivity contribution in [3.8, 4) is 5.69 Å². The van der Waals surface area contributed by atoms with Crippen molar-refractivity contribution >= 4 is 18.0 Å². The highest BCUT2D eigenvalue weighted by Crippen LogP contribution is 2.15. The Morgan fingerprint density at radius 2 is 1.78 bits per heavy atom. The largest absolute Gasteiger partial charge is 0.354 e. The first-order valence-corrected chi connectivity index (χ1v) is 9.51. The summed E-state index contributed by atoms with van der Waals surface area (Å²) in [5.41, 5.74) is 3.42. The third-order valence-electron chi connectivity index (χ3n) is 5.05. The van der Waals surface area contributed by atoms with Gasteiger partial charge in [-0.1, -0.05) is 12.1 Å². The Bertz CT molecular complexity index is 971. The fourth-order valence-corrected chi connectivity index (χ4v) is 3.47. The van der Waals surface area contributed by atoms with Gasteiger partial charge < -0.3 is 4.90 Å². The molecule has 4 rings (SSSR count). The highest BCUT2D eigenvalue weighted by molar-refractivity contribution is 7.71. The maximum atomic E-state index is 5.61. The van der Waals surface area contributed by atoms with Gasteiger partial charge in [-0.3, -0.25) is 4.90 Å². The van der Waals surface area contributed by atoms with Gasteiger partial charge in [0.15, 0.2) is 0 Å². The highest BCUT2D eigenvalue weighted by atomic mass is 32.1. The topological polar surface area (TPSA) is 55.0 Å². The molecule has 0 unspecified atom stereocenters. The molecule has 1 fully saturated rings. The lowest BCUT2D eigenvalue weighted by Gasteiger charge is -2.34. The van der Waals surface area contributed by atoms with Crippen LogP contribution in [0.25, 0.3) is 5.69 Å². The summed E-state index contributed by atoms with van der Waals surface area (Å²) in [4.78, 5) is 9.08. The van der Waals surface area contributed by atoms with E-state index in [0.717, 1.165) is 37.7 Å². The Balaban J connectivity index is 1.43. The molecule has 0 N–H and O–H groups in total. The predicted octanol–water partition coefficient (Wildman–Crippen LogP) is 2.59. The van der Waals surface area contributed by atoms with Crippen LogP contribution in [0.4, 0.5) is 5.82 Å².